The van der Waals surface area contributed by atoms with Crippen molar-refractivity contribution in [3.8, 4) is 5.75 Å². The van der Waals surface area contributed by atoms with Crippen LogP contribution in [0, 0.1) is 0 Å². The summed E-state index contributed by atoms with van der Waals surface area (Å²) in [4.78, 5) is 63.4. The molecule has 3 aromatic carbocycles. The van der Waals surface area contributed by atoms with Crippen molar-refractivity contribution in [1.29, 1.82) is 0 Å². The van der Waals surface area contributed by atoms with Crippen LogP contribution in [0.3, 0.4) is 0 Å². The third kappa shape index (κ3) is 11.1. The summed E-state index contributed by atoms with van der Waals surface area (Å²) in [5.74, 6) is 0.822. The van der Waals surface area contributed by atoms with Gasteiger partial charge in [0.1, 0.15) is 30.6 Å². The lowest BCUT2D eigenvalue weighted by Crippen LogP contribution is -2.52. The molecule has 0 bridgehead atoms. The molecular weight excluding hydrogens is 855 g/mol. The minimum absolute atomic E-state index is 0.0303. The molecule has 3 aliphatic rings. The number of hydrogen-bond acceptors (Lipinski definition) is 14. The van der Waals surface area contributed by atoms with Crippen LogP contribution in [0.2, 0.25) is 5.02 Å². The van der Waals surface area contributed by atoms with Crippen LogP contribution in [-0.2, 0) is 35.0 Å². The minimum atomic E-state index is -2.57. The maximum atomic E-state index is 13.1. The van der Waals surface area contributed by atoms with Gasteiger partial charge in [-0.25, -0.2) is 4.98 Å². The summed E-state index contributed by atoms with van der Waals surface area (Å²) < 4.78 is 29.9. The van der Waals surface area contributed by atoms with Gasteiger partial charge >= 0.3 is 0 Å². The number of nitrogens with one attached hydrogen (secondary N) is 4. The molecule has 16 nitrogen and oxygen atoms in total. The molecule has 4 aromatic rings. The second kappa shape index (κ2) is 20.3. The summed E-state index contributed by atoms with van der Waals surface area (Å²) in [6.45, 7) is 6.25. The molecule has 4 heterocycles. The predicted octanol–water partition coefficient (Wildman–Crippen LogP) is 5.55. The Morgan fingerprint density at radius 3 is 2.53 bits per heavy atom. The first-order valence-electron chi connectivity index (χ1n) is 20.4. The Labute approximate surface area is 369 Å². The smallest absolute Gasteiger partial charge is 0.255 e. The molecular formula is C43H50ClN8O8PS. The van der Waals surface area contributed by atoms with Crippen LogP contribution in [0.4, 0.5) is 28.8 Å². The lowest BCUT2D eigenvalue weighted by molar-refractivity contribution is -0.137. The number of ether oxygens (including phenoxy) is 3. The van der Waals surface area contributed by atoms with Crippen molar-refractivity contribution in [2.75, 3.05) is 81.2 Å². The van der Waals surface area contributed by atoms with Crippen molar-refractivity contribution in [2.45, 2.75) is 49.2 Å². The largest absolute Gasteiger partial charge is 0.494 e. The Kier molecular flexibility index (Phi) is 14.7. The third-order valence-corrected chi connectivity index (χ3v) is 13.7. The minimum Gasteiger partial charge on any atom is -0.494 e. The van der Waals surface area contributed by atoms with E-state index in [-0.39, 0.29) is 43.4 Å². The molecule has 0 saturated carbocycles. The van der Waals surface area contributed by atoms with Crippen molar-refractivity contribution in [3.63, 3.8) is 0 Å². The van der Waals surface area contributed by atoms with Gasteiger partial charge in [0.15, 0.2) is 5.82 Å². The Morgan fingerprint density at radius 2 is 1.76 bits per heavy atom. The monoisotopic (exact) mass is 904 g/mol. The molecule has 4 amide bonds. The number of carbonyl (C=O) groups is 4. The van der Waals surface area contributed by atoms with Crippen molar-refractivity contribution >= 4 is 88.3 Å². The van der Waals surface area contributed by atoms with E-state index in [0.717, 1.165) is 42.1 Å². The summed E-state index contributed by atoms with van der Waals surface area (Å²) in [7, 11) is -0.965. The first-order valence-corrected chi connectivity index (χ1v) is 24.3. The average molecular weight is 905 g/mol. The zero-order chi connectivity index (χ0) is 43.8. The highest BCUT2D eigenvalue weighted by molar-refractivity contribution is 7.99. The van der Waals surface area contributed by atoms with Gasteiger partial charge < -0.3 is 44.5 Å². The molecule has 2 saturated heterocycles. The first-order chi connectivity index (χ1) is 29.9. The van der Waals surface area contributed by atoms with Crippen LogP contribution in [0.15, 0.2) is 71.8 Å². The second-order valence-electron chi connectivity index (χ2n) is 15.4. The van der Waals surface area contributed by atoms with Crippen LogP contribution in [0.1, 0.15) is 41.6 Å². The third-order valence-electron chi connectivity index (χ3n) is 10.8. The van der Waals surface area contributed by atoms with Crippen molar-refractivity contribution in [1.82, 2.24) is 25.5 Å². The number of amides is 4. The number of para-hydroxylation sites is 1. The lowest BCUT2D eigenvalue weighted by Gasteiger charge is -2.34. The predicted molar refractivity (Wildman–Crippen MR) is 240 cm³/mol. The van der Waals surface area contributed by atoms with Crippen LogP contribution >= 0.6 is 30.5 Å². The van der Waals surface area contributed by atoms with Gasteiger partial charge in [-0.2, -0.15) is 4.98 Å². The maximum absolute atomic E-state index is 13.1. The zero-order valence-corrected chi connectivity index (χ0v) is 37.2. The van der Waals surface area contributed by atoms with Gasteiger partial charge in [-0.1, -0.05) is 29.8 Å². The van der Waals surface area contributed by atoms with Gasteiger partial charge in [0.2, 0.25) is 23.7 Å². The molecule has 1 unspecified atom stereocenters. The van der Waals surface area contributed by atoms with Gasteiger partial charge in [0, 0.05) is 65.4 Å². The Balaban J connectivity index is 0.796. The number of halogens is 1. The number of aromatic nitrogens is 2. The molecule has 0 radical (unpaired) electrons. The van der Waals surface area contributed by atoms with E-state index in [2.05, 4.69) is 36.1 Å². The van der Waals surface area contributed by atoms with Gasteiger partial charge in [-0.05, 0) is 74.6 Å². The molecule has 3 aliphatic heterocycles. The number of piperidine rings is 2. The molecule has 1 atom stereocenters. The molecule has 62 heavy (non-hydrogen) atoms. The van der Waals surface area contributed by atoms with Crippen LogP contribution < -0.4 is 36.2 Å². The molecule has 328 valence electrons. The number of fused-ring (bicyclic) bond motifs is 1. The van der Waals surface area contributed by atoms with E-state index >= 15 is 0 Å². The number of rotatable bonds is 18. The van der Waals surface area contributed by atoms with E-state index in [1.54, 1.807) is 43.2 Å². The summed E-state index contributed by atoms with van der Waals surface area (Å²) in [5, 5.41) is 12.9. The summed E-state index contributed by atoms with van der Waals surface area (Å²) in [6.07, 6.45) is 3.58. The van der Waals surface area contributed by atoms with Crippen molar-refractivity contribution in [2.24, 2.45) is 0 Å². The Hall–Kier alpha value is -5.19. The van der Waals surface area contributed by atoms with E-state index in [4.69, 9.17) is 25.8 Å². The van der Waals surface area contributed by atoms with Crippen LogP contribution in [0.25, 0.3) is 0 Å². The molecule has 19 heteroatoms. The number of imide groups is 1. The molecule has 1 aromatic heterocycles. The average Bonchev–Trinajstić information content (AvgIpc) is 3.59. The zero-order valence-electron chi connectivity index (χ0n) is 34.8. The summed E-state index contributed by atoms with van der Waals surface area (Å²) in [5.41, 5.74) is 3.78. The molecule has 7 rings (SSSR count). The van der Waals surface area contributed by atoms with E-state index in [9.17, 15) is 23.7 Å². The second-order valence-corrected chi connectivity index (χ2v) is 20.1. The number of hydrogen-bond donors (Lipinski definition) is 4. The fourth-order valence-electron chi connectivity index (χ4n) is 7.63. The lowest BCUT2D eigenvalue weighted by atomic mass is 10.0. The van der Waals surface area contributed by atoms with Crippen LogP contribution in [-0.4, -0.2) is 116 Å². The van der Waals surface area contributed by atoms with Gasteiger partial charge in [-0.15, -0.1) is 11.8 Å². The fourth-order valence-corrected chi connectivity index (χ4v) is 9.87. The van der Waals surface area contributed by atoms with E-state index in [1.165, 1.54) is 6.20 Å². The summed E-state index contributed by atoms with van der Waals surface area (Å²) >= 11 is 8.03. The van der Waals surface area contributed by atoms with E-state index in [1.807, 2.05) is 54.6 Å². The van der Waals surface area contributed by atoms with E-state index in [0.29, 0.717) is 76.7 Å². The molecule has 0 spiro atoms. The highest BCUT2D eigenvalue weighted by atomic mass is 35.5. The van der Waals surface area contributed by atoms with E-state index < -0.39 is 19.1 Å². The van der Waals surface area contributed by atoms with Gasteiger partial charge in [0.05, 0.1) is 44.5 Å². The van der Waals surface area contributed by atoms with Crippen LogP contribution in [0.5, 0.6) is 5.75 Å². The van der Waals surface area contributed by atoms with Crippen molar-refractivity contribution in [3.05, 3.63) is 83.0 Å². The molecule has 0 aliphatic carbocycles. The topological polar surface area (TPSA) is 193 Å². The maximum Gasteiger partial charge on any atom is 0.255 e. The van der Waals surface area contributed by atoms with Gasteiger partial charge in [-0.3, -0.25) is 24.5 Å². The molecule has 4 N–H and O–H groups in total. The standard InChI is InChI=1S/C43H50ClN8O8PS/c1-58-35-23-28(11-12-32(35)48-43-45-24-31(44)40(50-43)47-33-8-4-5-9-36(33)61(2,3)57)51-17-15-27(16-18-51)46-39(54)26-60-20-19-59-21-22-62-37-10-6-7-29-30(37)25-52(42(29)56)34-13-14-38(53)49-41(34)55/h4-12,23-24,27,34H,13-22,25-26H2,1-3H3,(H,46,54)(H,49,53,55)(H2,45,47,48,50). The number of carbonyl (C=O) groups excluding carboxylic acids is 4. The Bertz CT molecular complexity index is 2360. The summed E-state index contributed by atoms with van der Waals surface area (Å²) in [6, 6.07) is 18.2. The highest BCUT2D eigenvalue weighted by Crippen LogP contribution is 2.39. The Morgan fingerprint density at radius 1 is 0.968 bits per heavy atom. The number of nitrogens with zero attached hydrogens (tertiary/aromatic N) is 4. The number of thioether (sulfide) groups is 1. The SMILES string of the molecule is COc1cc(N2CCC(NC(=O)COCCOCCSc3cccc4c3CN(C3CCC(=O)NC3=O)C4=O)CC2)ccc1Nc1ncc(Cl)c(Nc2ccccc2P(C)(C)=O)n1. The quantitative estimate of drug-likeness (QED) is 0.0421. The van der Waals surface area contributed by atoms with Crippen molar-refractivity contribution < 1.29 is 38.0 Å². The molecule has 2 fully saturated rings. The van der Waals surface area contributed by atoms with Gasteiger partial charge in [0.25, 0.3) is 5.91 Å². The number of anilines is 5. The normalized spacial score (nSPS) is 16.8. The number of methoxy groups -OCH3 is 1. The fraction of sp³-hybridized carbons (Fsp3) is 0.395. The highest BCUT2D eigenvalue weighted by Gasteiger charge is 2.40. The number of benzene rings is 3. The first kappa shape index (κ1) is 44.9.